The molecule has 0 aromatic carbocycles. The monoisotopic (exact) mass is 201 g/mol. The molecule has 0 aliphatic carbocycles. The fourth-order valence-electron chi connectivity index (χ4n) is 1.07. The molecular weight excluding hydrogens is 188 g/mol. The first kappa shape index (κ1) is 10.8. The molecule has 0 amide bonds. The second-order valence-corrected chi connectivity index (χ2v) is 2.92. The molecule has 14 heavy (non-hydrogen) atoms. The van der Waals surface area contributed by atoms with Crippen LogP contribution in [0.5, 0.6) is 0 Å². The summed E-state index contributed by atoms with van der Waals surface area (Å²) in [4.78, 5) is 7.86. The van der Waals surface area contributed by atoms with E-state index in [9.17, 15) is 8.78 Å². The molecule has 0 bridgehead atoms. The number of hydrogen-bond donors (Lipinski definition) is 1. The van der Waals surface area contributed by atoms with Crippen LogP contribution < -0.4 is 5.32 Å². The lowest BCUT2D eigenvalue weighted by molar-refractivity contribution is 0.163. The van der Waals surface area contributed by atoms with Gasteiger partial charge in [0.15, 0.2) is 0 Å². The summed E-state index contributed by atoms with van der Waals surface area (Å²) in [6, 6.07) is 1.70. The van der Waals surface area contributed by atoms with Crippen molar-refractivity contribution in [1.82, 2.24) is 9.97 Å². The third-order valence-corrected chi connectivity index (χ3v) is 1.67. The zero-order valence-corrected chi connectivity index (χ0v) is 8.00. The summed E-state index contributed by atoms with van der Waals surface area (Å²) in [5, 5.41) is 2.54. The number of aromatic nitrogens is 2. The third kappa shape index (κ3) is 3.64. The third-order valence-electron chi connectivity index (χ3n) is 1.67. The van der Waals surface area contributed by atoms with Crippen molar-refractivity contribution in [3.63, 3.8) is 0 Å². The van der Waals surface area contributed by atoms with Crippen molar-refractivity contribution in [2.45, 2.75) is 26.2 Å². The maximum Gasteiger partial charge on any atom is 0.255 e. The zero-order valence-electron chi connectivity index (χ0n) is 8.00. The first-order valence-electron chi connectivity index (χ1n) is 4.55. The quantitative estimate of drug-likeness (QED) is 0.792. The maximum atomic E-state index is 11.9. The number of hydrogen-bond acceptors (Lipinski definition) is 3. The van der Waals surface area contributed by atoms with E-state index in [2.05, 4.69) is 15.3 Å². The molecule has 1 N–H and O–H groups in total. The Kier molecular flexibility index (Phi) is 4.22. The molecule has 0 saturated heterocycles. The standard InChI is InChI=1S/C9H13F2N3/c1-2-3-7-4-9(14-6-13-7)12-5-8(10)11/h4,6,8H,2-3,5H2,1H3,(H,12,13,14). The van der Waals surface area contributed by atoms with Crippen LogP contribution in [0.4, 0.5) is 14.6 Å². The average Bonchev–Trinajstić information content (AvgIpc) is 2.16. The Morgan fingerprint density at radius 3 is 2.86 bits per heavy atom. The number of alkyl halides is 2. The number of nitrogens with one attached hydrogen (secondary N) is 1. The molecule has 1 heterocycles. The summed E-state index contributed by atoms with van der Waals surface area (Å²) in [5.74, 6) is 0.462. The van der Waals surface area contributed by atoms with Gasteiger partial charge in [-0.05, 0) is 6.42 Å². The van der Waals surface area contributed by atoms with Gasteiger partial charge in [0.2, 0.25) is 0 Å². The van der Waals surface area contributed by atoms with Crippen molar-refractivity contribution < 1.29 is 8.78 Å². The topological polar surface area (TPSA) is 37.8 Å². The van der Waals surface area contributed by atoms with Gasteiger partial charge in [0.25, 0.3) is 6.43 Å². The van der Waals surface area contributed by atoms with Gasteiger partial charge in [0.05, 0.1) is 6.54 Å². The number of halogens is 2. The van der Waals surface area contributed by atoms with Gasteiger partial charge in [0, 0.05) is 11.8 Å². The molecule has 0 radical (unpaired) electrons. The summed E-state index contributed by atoms with van der Waals surface area (Å²) in [7, 11) is 0. The van der Waals surface area contributed by atoms with E-state index in [0.717, 1.165) is 18.5 Å². The van der Waals surface area contributed by atoms with E-state index in [0.29, 0.717) is 5.82 Å². The SMILES string of the molecule is CCCc1cc(NCC(F)F)ncn1. The van der Waals surface area contributed by atoms with E-state index < -0.39 is 6.43 Å². The van der Waals surface area contributed by atoms with E-state index >= 15 is 0 Å². The normalized spacial score (nSPS) is 10.6. The van der Waals surface area contributed by atoms with Gasteiger partial charge < -0.3 is 5.32 Å². The van der Waals surface area contributed by atoms with Crippen LogP contribution in [0.2, 0.25) is 0 Å². The van der Waals surface area contributed by atoms with E-state index in [4.69, 9.17) is 0 Å². The summed E-state index contributed by atoms with van der Waals surface area (Å²) in [6.07, 6.45) is 0.843. The van der Waals surface area contributed by atoms with Crippen LogP contribution in [0.25, 0.3) is 0 Å². The predicted molar refractivity (Wildman–Crippen MR) is 50.5 cm³/mol. The Labute approximate surface area is 81.6 Å². The van der Waals surface area contributed by atoms with Crippen LogP contribution >= 0.6 is 0 Å². The summed E-state index contributed by atoms with van der Waals surface area (Å²) < 4.78 is 23.7. The molecule has 0 aliphatic heterocycles. The molecule has 0 spiro atoms. The fraction of sp³-hybridized carbons (Fsp3) is 0.556. The molecular formula is C9H13F2N3. The second kappa shape index (κ2) is 5.47. The largest absolute Gasteiger partial charge is 0.364 e. The van der Waals surface area contributed by atoms with Crippen molar-refractivity contribution in [3.05, 3.63) is 18.1 Å². The Hall–Kier alpha value is -1.26. The Morgan fingerprint density at radius 1 is 1.43 bits per heavy atom. The Balaban J connectivity index is 2.54. The highest BCUT2D eigenvalue weighted by molar-refractivity contribution is 5.34. The fourth-order valence-corrected chi connectivity index (χ4v) is 1.07. The predicted octanol–water partition coefficient (Wildman–Crippen LogP) is 2.11. The van der Waals surface area contributed by atoms with Gasteiger partial charge in [-0.25, -0.2) is 18.7 Å². The smallest absolute Gasteiger partial charge is 0.255 e. The van der Waals surface area contributed by atoms with Crippen LogP contribution in [0.15, 0.2) is 12.4 Å². The molecule has 5 heteroatoms. The molecule has 78 valence electrons. The minimum atomic E-state index is -2.36. The van der Waals surface area contributed by atoms with Gasteiger partial charge in [-0.1, -0.05) is 13.3 Å². The van der Waals surface area contributed by atoms with Gasteiger partial charge in [0.1, 0.15) is 12.1 Å². The zero-order chi connectivity index (χ0) is 10.4. The van der Waals surface area contributed by atoms with Gasteiger partial charge in [-0.3, -0.25) is 0 Å². The maximum absolute atomic E-state index is 11.9. The lowest BCUT2D eigenvalue weighted by Crippen LogP contribution is -2.11. The molecule has 0 fully saturated rings. The van der Waals surface area contributed by atoms with E-state index in [1.807, 2.05) is 6.92 Å². The van der Waals surface area contributed by atoms with Gasteiger partial charge >= 0.3 is 0 Å². The lowest BCUT2D eigenvalue weighted by atomic mass is 10.2. The highest BCUT2D eigenvalue weighted by Crippen LogP contribution is 2.06. The number of rotatable bonds is 5. The molecule has 0 unspecified atom stereocenters. The van der Waals surface area contributed by atoms with Crippen molar-refractivity contribution in [2.24, 2.45) is 0 Å². The van der Waals surface area contributed by atoms with Crippen LogP contribution in [0.3, 0.4) is 0 Å². The van der Waals surface area contributed by atoms with E-state index in [-0.39, 0.29) is 6.54 Å². The average molecular weight is 201 g/mol. The minimum absolute atomic E-state index is 0.372. The van der Waals surface area contributed by atoms with E-state index in [1.54, 1.807) is 6.07 Å². The van der Waals surface area contributed by atoms with Crippen LogP contribution in [0.1, 0.15) is 19.0 Å². The van der Waals surface area contributed by atoms with Crippen molar-refractivity contribution >= 4 is 5.82 Å². The molecule has 1 aromatic rings. The first-order chi connectivity index (χ1) is 6.72. The number of nitrogens with zero attached hydrogens (tertiary/aromatic N) is 2. The first-order valence-corrected chi connectivity index (χ1v) is 4.55. The van der Waals surface area contributed by atoms with Crippen LogP contribution in [0, 0.1) is 0 Å². The molecule has 0 aliphatic rings. The summed E-state index contributed by atoms with van der Waals surface area (Å²) in [6.45, 7) is 1.66. The highest BCUT2D eigenvalue weighted by Gasteiger charge is 2.03. The van der Waals surface area contributed by atoms with Crippen molar-refractivity contribution in [2.75, 3.05) is 11.9 Å². The molecule has 0 atom stereocenters. The highest BCUT2D eigenvalue weighted by atomic mass is 19.3. The molecule has 3 nitrogen and oxygen atoms in total. The summed E-state index contributed by atoms with van der Waals surface area (Å²) in [5.41, 5.74) is 0.874. The number of anilines is 1. The molecule has 0 saturated carbocycles. The van der Waals surface area contributed by atoms with Crippen molar-refractivity contribution in [3.8, 4) is 0 Å². The van der Waals surface area contributed by atoms with Crippen LogP contribution in [-0.4, -0.2) is 22.9 Å². The lowest BCUT2D eigenvalue weighted by Gasteiger charge is -2.05. The second-order valence-electron chi connectivity index (χ2n) is 2.92. The molecule has 1 rings (SSSR count). The Bertz CT molecular complexity index is 279. The van der Waals surface area contributed by atoms with Crippen LogP contribution in [-0.2, 0) is 6.42 Å². The minimum Gasteiger partial charge on any atom is -0.364 e. The number of aryl methyl sites for hydroxylation is 1. The summed E-state index contributed by atoms with van der Waals surface area (Å²) >= 11 is 0. The van der Waals surface area contributed by atoms with E-state index in [1.165, 1.54) is 6.33 Å². The Morgan fingerprint density at radius 2 is 2.21 bits per heavy atom. The van der Waals surface area contributed by atoms with Gasteiger partial charge in [-0.15, -0.1) is 0 Å². The van der Waals surface area contributed by atoms with Gasteiger partial charge in [-0.2, -0.15) is 0 Å². The van der Waals surface area contributed by atoms with Crippen molar-refractivity contribution in [1.29, 1.82) is 0 Å². The molecule has 1 aromatic heterocycles.